The summed E-state index contributed by atoms with van der Waals surface area (Å²) < 4.78 is 17.8. The first-order valence-electron chi connectivity index (χ1n) is 40.9. The third kappa shape index (κ3) is 56.5. The van der Waals surface area contributed by atoms with Crippen LogP contribution in [0.2, 0.25) is 0 Å². The molecule has 1 rings (SSSR count). The van der Waals surface area contributed by atoms with E-state index in [-0.39, 0.29) is 13.0 Å². The van der Waals surface area contributed by atoms with Gasteiger partial charge in [0.05, 0.1) is 25.4 Å². The maximum atomic E-state index is 13.5. The summed E-state index contributed by atoms with van der Waals surface area (Å²) in [6, 6.07) is -1.02. The SMILES string of the molecule is CCCCC/C=C\C/C=C\C/C=C\CCCCCCCCCCCCCCCCC(=O)OC1C(OCC(NC(=O)C(O)CCCCCCCCCCCCCCCCCCCCCCCCCCCC)C(O)/C=C/CCCCCCCCCCCC)OC(CO)C(O)C1O. The lowest BCUT2D eigenvalue weighted by atomic mass is 9.99. The first-order chi connectivity index (χ1) is 46.2. The van der Waals surface area contributed by atoms with Gasteiger partial charge in [-0.05, 0) is 64.2 Å². The number of carbonyl (C=O) groups excluding carboxylic acids is 2. The van der Waals surface area contributed by atoms with Gasteiger partial charge in [-0.1, -0.05) is 384 Å². The molecule has 0 radical (unpaired) electrons. The Morgan fingerprint density at radius 3 is 1.12 bits per heavy atom. The molecule has 1 fully saturated rings. The van der Waals surface area contributed by atoms with Crippen LogP contribution >= 0.6 is 0 Å². The summed E-state index contributed by atoms with van der Waals surface area (Å²) in [5, 5.41) is 57.5. The fraction of sp³-hybridized carbons (Fsp3) is 0.880. The van der Waals surface area contributed by atoms with Crippen molar-refractivity contribution in [2.24, 2.45) is 0 Å². The van der Waals surface area contributed by atoms with Gasteiger partial charge in [0.2, 0.25) is 5.91 Å². The summed E-state index contributed by atoms with van der Waals surface area (Å²) in [5.74, 6) is -1.18. The molecule has 8 atom stereocenters. The van der Waals surface area contributed by atoms with E-state index in [2.05, 4.69) is 62.5 Å². The van der Waals surface area contributed by atoms with E-state index in [0.29, 0.717) is 19.3 Å². The highest BCUT2D eigenvalue weighted by molar-refractivity contribution is 5.80. The Hall–Kier alpha value is -2.38. The summed E-state index contributed by atoms with van der Waals surface area (Å²) in [4.78, 5) is 26.8. The van der Waals surface area contributed by atoms with Crippen molar-refractivity contribution in [1.29, 1.82) is 0 Å². The lowest BCUT2D eigenvalue weighted by molar-refractivity contribution is -0.305. The standard InChI is InChI=1S/C83H155NO10/c1-4-7-10-13-16-19-22-25-27-29-31-33-35-37-39-41-43-45-47-49-51-53-56-59-62-65-68-71-78(88)94-81-80(90)79(89)77(72-85)93-83(81)92-73-74(75(86)69-66-63-60-57-54-24-21-18-15-12-9-6-3)84-82(91)76(87)70-67-64-61-58-55-52-50-48-46-44-42-40-38-36-34-32-30-28-26-23-20-17-14-11-8-5-2/h16,19,25,27,31,33,66,69,74-77,79-81,83,85-87,89-90H,4-15,17-18,20-24,26,28-30,32,34-65,67-68,70-73H2,1-3H3,(H,84,91)/b19-16-,27-25-,33-31-,69-66+. The normalized spacial score (nSPS) is 18.0. The van der Waals surface area contributed by atoms with Gasteiger partial charge in [-0.25, -0.2) is 0 Å². The second-order valence-electron chi connectivity index (χ2n) is 28.5. The van der Waals surface area contributed by atoms with Crippen LogP contribution in [-0.2, 0) is 23.8 Å². The Morgan fingerprint density at radius 1 is 0.415 bits per heavy atom. The van der Waals surface area contributed by atoms with Crippen LogP contribution in [0.3, 0.4) is 0 Å². The number of carbonyl (C=O) groups is 2. The first kappa shape index (κ1) is 89.6. The van der Waals surface area contributed by atoms with E-state index in [1.54, 1.807) is 6.08 Å². The zero-order valence-electron chi connectivity index (χ0n) is 61.9. The van der Waals surface area contributed by atoms with Crippen molar-refractivity contribution in [3.05, 3.63) is 48.6 Å². The molecule has 1 aliphatic heterocycles. The summed E-state index contributed by atoms with van der Waals surface area (Å²) in [6.07, 6.45) is 80.3. The van der Waals surface area contributed by atoms with Crippen LogP contribution < -0.4 is 5.32 Å². The topological polar surface area (TPSA) is 175 Å². The van der Waals surface area contributed by atoms with Gasteiger partial charge in [0.15, 0.2) is 12.4 Å². The second kappa shape index (κ2) is 70.5. The van der Waals surface area contributed by atoms with Crippen LogP contribution in [0, 0.1) is 0 Å². The zero-order valence-corrected chi connectivity index (χ0v) is 61.9. The number of aliphatic hydroxyl groups is 5. The molecule has 0 aromatic heterocycles. The lowest BCUT2D eigenvalue weighted by Crippen LogP contribution is -2.61. The molecule has 8 unspecified atom stereocenters. The number of esters is 1. The molecule has 11 nitrogen and oxygen atoms in total. The zero-order chi connectivity index (χ0) is 68.1. The molecule has 0 spiro atoms. The molecule has 6 N–H and O–H groups in total. The molecule has 0 aromatic carbocycles. The van der Waals surface area contributed by atoms with E-state index in [1.165, 1.54) is 289 Å². The number of amides is 1. The fourth-order valence-electron chi connectivity index (χ4n) is 13.1. The highest BCUT2D eigenvalue weighted by atomic mass is 16.7. The number of unbranched alkanes of at least 4 members (excludes halogenated alkanes) is 52. The van der Waals surface area contributed by atoms with Crippen LogP contribution in [-0.4, -0.2) is 99.6 Å². The number of aliphatic hydroxyl groups excluding tert-OH is 5. The van der Waals surface area contributed by atoms with Crippen LogP contribution in [0.1, 0.15) is 406 Å². The predicted molar refractivity (Wildman–Crippen MR) is 398 cm³/mol. The average molecular weight is 1330 g/mol. The molecule has 0 aliphatic carbocycles. The molecule has 1 aliphatic rings. The number of ether oxygens (including phenoxy) is 3. The number of hydrogen-bond acceptors (Lipinski definition) is 10. The third-order valence-corrected chi connectivity index (χ3v) is 19.5. The number of hydrogen-bond donors (Lipinski definition) is 6. The minimum Gasteiger partial charge on any atom is -0.454 e. The fourth-order valence-corrected chi connectivity index (χ4v) is 13.1. The van der Waals surface area contributed by atoms with E-state index in [9.17, 15) is 35.1 Å². The summed E-state index contributed by atoms with van der Waals surface area (Å²) in [5.41, 5.74) is 0. The molecule has 11 heteroatoms. The van der Waals surface area contributed by atoms with E-state index in [0.717, 1.165) is 70.6 Å². The highest BCUT2D eigenvalue weighted by Gasteiger charge is 2.47. The Balaban J connectivity index is 2.46. The smallest absolute Gasteiger partial charge is 0.306 e. The molecule has 0 aromatic rings. The number of rotatable bonds is 72. The van der Waals surface area contributed by atoms with Crippen molar-refractivity contribution in [3.8, 4) is 0 Å². The highest BCUT2D eigenvalue weighted by Crippen LogP contribution is 2.27. The minimum absolute atomic E-state index is 0.125. The molecule has 1 heterocycles. The van der Waals surface area contributed by atoms with Gasteiger partial charge in [-0.2, -0.15) is 0 Å². The summed E-state index contributed by atoms with van der Waals surface area (Å²) in [7, 11) is 0. The minimum atomic E-state index is -1.61. The Bertz CT molecular complexity index is 1720. The van der Waals surface area contributed by atoms with Crippen molar-refractivity contribution in [2.45, 2.75) is 455 Å². The van der Waals surface area contributed by atoms with Gasteiger partial charge in [0.25, 0.3) is 0 Å². The molecule has 1 amide bonds. The molecule has 1 saturated heterocycles. The van der Waals surface area contributed by atoms with E-state index < -0.39 is 67.4 Å². The molecular weight excluding hydrogens is 1170 g/mol. The van der Waals surface area contributed by atoms with E-state index >= 15 is 0 Å². The van der Waals surface area contributed by atoms with Crippen molar-refractivity contribution in [3.63, 3.8) is 0 Å². The average Bonchev–Trinajstić information content (AvgIpc) is 0.814. The quantitative estimate of drug-likeness (QED) is 0.0195. The van der Waals surface area contributed by atoms with Gasteiger partial charge >= 0.3 is 5.97 Å². The van der Waals surface area contributed by atoms with Gasteiger partial charge < -0.3 is 45.1 Å². The number of allylic oxidation sites excluding steroid dienone is 7. The predicted octanol–water partition coefficient (Wildman–Crippen LogP) is 22.3. The van der Waals surface area contributed by atoms with Crippen molar-refractivity contribution in [1.82, 2.24) is 5.32 Å². The van der Waals surface area contributed by atoms with Crippen LogP contribution in [0.15, 0.2) is 48.6 Å². The Morgan fingerprint density at radius 2 is 0.734 bits per heavy atom. The Kier molecular flexibility index (Phi) is 67.2. The van der Waals surface area contributed by atoms with Gasteiger partial charge in [-0.15, -0.1) is 0 Å². The van der Waals surface area contributed by atoms with Gasteiger partial charge in [0, 0.05) is 6.42 Å². The summed E-state index contributed by atoms with van der Waals surface area (Å²) in [6.45, 7) is 5.84. The van der Waals surface area contributed by atoms with Crippen molar-refractivity contribution >= 4 is 11.9 Å². The molecule has 0 saturated carbocycles. The van der Waals surface area contributed by atoms with Crippen LogP contribution in [0.25, 0.3) is 0 Å². The maximum absolute atomic E-state index is 13.5. The number of nitrogens with one attached hydrogen (secondary N) is 1. The van der Waals surface area contributed by atoms with Crippen LogP contribution in [0.5, 0.6) is 0 Å². The molecule has 552 valence electrons. The lowest BCUT2D eigenvalue weighted by Gasteiger charge is -2.41. The monoisotopic (exact) mass is 1330 g/mol. The van der Waals surface area contributed by atoms with Crippen molar-refractivity contribution in [2.75, 3.05) is 13.2 Å². The molecule has 0 bridgehead atoms. The van der Waals surface area contributed by atoms with Crippen LogP contribution in [0.4, 0.5) is 0 Å². The second-order valence-corrected chi connectivity index (χ2v) is 28.5. The molecule has 94 heavy (non-hydrogen) atoms. The van der Waals surface area contributed by atoms with E-state index in [1.807, 2.05) is 6.08 Å². The molecular formula is C83H155NO10. The van der Waals surface area contributed by atoms with Crippen molar-refractivity contribution < 1.29 is 49.3 Å². The van der Waals surface area contributed by atoms with Gasteiger partial charge in [-0.3, -0.25) is 9.59 Å². The Labute approximate surface area is 580 Å². The maximum Gasteiger partial charge on any atom is 0.306 e. The third-order valence-electron chi connectivity index (χ3n) is 19.5. The first-order valence-corrected chi connectivity index (χ1v) is 40.9. The van der Waals surface area contributed by atoms with Gasteiger partial charge in [0.1, 0.15) is 24.4 Å². The van der Waals surface area contributed by atoms with E-state index in [4.69, 9.17) is 14.2 Å². The largest absolute Gasteiger partial charge is 0.454 e. The summed E-state index contributed by atoms with van der Waals surface area (Å²) >= 11 is 0.